The Kier molecular flexibility index (Phi) is 40.4. The SMILES string of the molecule is CCCCCCCCCCCCCCCCCCN1C=CN(CCCCCCCCCCCCCCC)C1CCCCCCCCCCCCCCC. The van der Waals surface area contributed by atoms with Crippen molar-refractivity contribution in [2.75, 3.05) is 13.1 Å². The van der Waals surface area contributed by atoms with E-state index in [1.54, 1.807) is 0 Å². The number of hydrogen-bond donors (Lipinski definition) is 0. The predicted octanol–water partition coefficient (Wildman–Crippen LogP) is 18.2. The van der Waals surface area contributed by atoms with Gasteiger partial charge < -0.3 is 9.80 Å². The highest BCUT2D eigenvalue weighted by atomic mass is 15.4. The minimum Gasteiger partial charge on any atom is -0.356 e. The Hall–Kier alpha value is -0.660. The molecule has 0 bridgehead atoms. The van der Waals surface area contributed by atoms with Crippen LogP contribution in [0.4, 0.5) is 0 Å². The molecule has 0 radical (unpaired) electrons. The second-order valence-electron chi connectivity index (χ2n) is 17.8. The molecular formula is C51H102N2. The molecule has 0 aromatic heterocycles. The molecule has 0 aromatic carbocycles. The van der Waals surface area contributed by atoms with Crippen LogP contribution in [0, 0.1) is 0 Å². The fourth-order valence-corrected chi connectivity index (χ4v) is 8.84. The van der Waals surface area contributed by atoms with Crippen molar-refractivity contribution in [2.45, 2.75) is 303 Å². The third-order valence-corrected chi connectivity index (χ3v) is 12.6. The summed E-state index contributed by atoms with van der Waals surface area (Å²) >= 11 is 0. The van der Waals surface area contributed by atoms with E-state index < -0.39 is 0 Å². The number of hydrogen-bond acceptors (Lipinski definition) is 2. The van der Waals surface area contributed by atoms with Gasteiger partial charge in [0.2, 0.25) is 0 Å². The van der Waals surface area contributed by atoms with Gasteiger partial charge in [-0.2, -0.15) is 0 Å². The molecular weight excluding hydrogens is 641 g/mol. The lowest BCUT2D eigenvalue weighted by Gasteiger charge is -2.33. The molecule has 1 rings (SSSR count). The van der Waals surface area contributed by atoms with Gasteiger partial charge in [0.25, 0.3) is 0 Å². The first-order valence-electron chi connectivity index (χ1n) is 25.5. The highest BCUT2D eigenvalue weighted by molar-refractivity contribution is 4.97. The molecule has 53 heavy (non-hydrogen) atoms. The molecule has 316 valence electrons. The molecule has 1 unspecified atom stereocenters. The molecule has 1 aliphatic heterocycles. The van der Waals surface area contributed by atoms with Gasteiger partial charge in [-0.05, 0) is 25.7 Å². The monoisotopic (exact) mass is 743 g/mol. The van der Waals surface area contributed by atoms with Crippen LogP contribution in [0.3, 0.4) is 0 Å². The van der Waals surface area contributed by atoms with Crippen molar-refractivity contribution in [1.82, 2.24) is 9.80 Å². The van der Waals surface area contributed by atoms with E-state index in [1.807, 2.05) is 0 Å². The van der Waals surface area contributed by atoms with Crippen molar-refractivity contribution in [3.8, 4) is 0 Å². The van der Waals surface area contributed by atoms with Crippen molar-refractivity contribution >= 4 is 0 Å². The standard InChI is InChI=1S/C51H102N2/c1-4-7-10-13-16-19-22-25-26-27-30-33-36-39-42-45-48-53-50-49-52(47-44-41-38-35-32-29-24-21-18-15-12-9-6-3)51(53)46-43-40-37-34-31-28-23-20-17-14-11-8-5-2/h49-51H,4-48H2,1-3H3. The zero-order valence-electron chi connectivity index (χ0n) is 37.4. The third-order valence-electron chi connectivity index (χ3n) is 12.6. The van der Waals surface area contributed by atoms with E-state index in [9.17, 15) is 0 Å². The zero-order valence-corrected chi connectivity index (χ0v) is 37.4. The Bertz CT molecular complexity index is 702. The lowest BCUT2D eigenvalue weighted by Crippen LogP contribution is -2.39. The molecule has 0 amide bonds. The average Bonchev–Trinajstić information content (AvgIpc) is 3.55. The minimum absolute atomic E-state index is 0.636. The van der Waals surface area contributed by atoms with Crippen LogP contribution >= 0.6 is 0 Å². The maximum Gasteiger partial charge on any atom is 0.101 e. The molecule has 0 aliphatic carbocycles. The summed E-state index contributed by atoms with van der Waals surface area (Å²) in [5.41, 5.74) is 0. The van der Waals surface area contributed by atoms with E-state index in [2.05, 4.69) is 43.0 Å². The van der Waals surface area contributed by atoms with E-state index >= 15 is 0 Å². The second kappa shape index (κ2) is 42.5. The number of nitrogens with zero attached hydrogens (tertiary/aromatic N) is 2. The zero-order chi connectivity index (χ0) is 38.0. The lowest BCUT2D eigenvalue weighted by atomic mass is 10.0. The number of rotatable bonds is 45. The molecule has 0 fully saturated rings. The van der Waals surface area contributed by atoms with Crippen molar-refractivity contribution < 1.29 is 0 Å². The Morgan fingerprint density at radius 2 is 0.434 bits per heavy atom. The summed E-state index contributed by atoms with van der Waals surface area (Å²) in [5, 5.41) is 0. The van der Waals surface area contributed by atoms with Crippen LogP contribution in [-0.4, -0.2) is 29.1 Å². The Balaban J connectivity index is 2.19. The molecule has 1 atom stereocenters. The van der Waals surface area contributed by atoms with Crippen LogP contribution in [0.5, 0.6) is 0 Å². The van der Waals surface area contributed by atoms with Crippen LogP contribution < -0.4 is 0 Å². The molecule has 2 heteroatoms. The topological polar surface area (TPSA) is 6.48 Å². The van der Waals surface area contributed by atoms with E-state index in [-0.39, 0.29) is 0 Å². The molecule has 0 spiro atoms. The van der Waals surface area contributed by atoms with Crippen LogP contribution in [0.2, 0.25) is 0 Å². The largest absolute Gasteiger partial charge is 0.356 e. The first-order valence-corrected chi connectivity index (χ1v) is 25.5. The van der Waals surface area contributed by atoms with Crippen molar-refractivity contribution in [2.24, 2.45) is 0 Å². The third kappa shape index (κ3) is 34.3. The van der Waals surface area contributed by atoms with Crippen LogP contribution in [-0.2, 0) is 0 Å². The molecule has 0 saturated heterocycles. The summed E-state index contributed by atoms with van der Waals surface area (Å²) in [5.74, 6) is 0. The minimum atomic E-state index is 0.636. The first-order chi connectivity index (χ1) is 26.3. The van der Waals surface area contributed by atoms with Crippen LogP contribution in [0.25, 0.3) is 0 Å². The summed E-state index contributed by atoms with van der Waals surface area (Å²) in [6.45, 7) is 9.50. The van der Waals surface area contributed by atoms with Gasteiger partial charge in [-0.25, -0.2) is 0 Å². The molecule has 0 N–H and O–H groups in total. The Morgan fingerprint density at radius 1 is 0.245 bits per heavy atom. The van der Waals surface area contributed by atoms with Crippen molar-refractivity contribution in [3.63, 3.8) is 0 Å². The van der Waals surface area contributed by atoms with E-state index in [1.165, 1.54) is 289 Å². The van der Waals surface area contributed by atoms with Crippen molar-refractivity contribution in [3.05, 3.63) is 12.4 Å². The van der Waals surface area contributed by atoms with E-state index in [4.69, 9.17) is 0 Å². The summed E-state index contributed by atoms with van der Waals surface area (Å²) in [7, 11) is 0. The molecule has 0 aromatic rings. The Morgan fingerprint density at radius 3 is 0.660 bits per heavy atom. The van der Waals surface area contributed by atoms with Crippen molar-refractivity contribution in [1.29, 1.82) is 0 Å². The van der Waals surface area contributed by atoms with E-state index in [0.717, 1.165) is 0 Å². The number of unbranched alkanes of at least 4 members (excludes halogenated alkanes) is 39. The predicted molar refractivity (Wildman–Crippen MR) is 242 cm³/mol. The van der Waals surface area contributed by atoms with Gasteiger partial charge in [-0.1, -0.05) is 271 Å². The highest BCUT2D eigenvalue weighted by Crippen LogP contribution is 2.24. The quantitative estimate of drug-likeness (QED) is 0.0573. The summed E-state index contributed by atoms with van der Waals surface area (Å²) < 4.78 is 0. The second-order valence-corrected chi connectivity index (χ2v) is 17.8. The van der Waals surface area contributed by atoms with E-state index in [0.29, 0.717) is 6.17 Å². The summed E-state index contributed by atoms with van der Waals surface area (Å²) in [6, 6.07) is 0. The van der Waals surface area contributed by atoms with Gasteiger partial charge in [0, 0.05) is 25.5 Å². The van der Waals surface area contributed by atoms with Crippen LogP contribution in [0.15, 0.2) is 12.4 Å². The molecule has 1 aliphatic rings. The van der Waals surface area contributed by atoms with Gasteiger partial charge in [-0.3, -0.25) is 0 Å². The summed E-state index contributed by atoms with van der Waals surface area (Å²) in [4.78, 5) is 5.48. The normalized spacial score (nSPS) is 14.4. The molecule has 0 saturated carbocycles. The smallest absolute Gasteiger partial charge is 0.101 e. The fourth-order valence-electron chi connectivity index (χ4n) is 8.84. The van der Waals surface area contributed by atoms with Crippen LogP contribution in [0.1, 0.15) is 297 Å². The molecule has 2 nitrogen and oxygen atoms in total. The summed E-state index contributed by atoms with van der Waals surface area (Å²) in [6.07, 6.45) is 67.9. The van der Waals surface area contributed by atoms with Gasteiger partial charge in [0.15, 0.2) is 0 Å². The van der Waals surface area contributed by atoms with Gasteiger partial charge in [0.05, 0.1) is 0 Å². The molecule has 1 heterocycles. The first kappa shape index (κ1) is 50.4. The Labute approximate surface area is 337 Å². The van der Waals surface area contributed by atoms with Gasteiger partial charge >= 0.3 is 0 Å². The maximum absolute atomic E-state index is 2.74. The highest BCUT2D eigenvalue weighted by Gasteiger charge is 2.25. The maximum atomic E-state index is 2.74. The lowest BCUT2D eigenvalue weighted by molar-refractivity contribution is 0.135. The van der Waals surface area contributed by atoms with Gasteiger partial charge in [0.1, 0.15) is 6.17 Å². The van der Waals surface area contributed by atoms with Gasteiger partial charge in [-0.15, -0.1) is 0 Å². The fraction of sp³-hybridized carbons (Fsp3) is 0.961. The average molecular weight is 743 g/mol.